The van der Waals surface area contributed by atoms with Gasteiger partial charge in [-0.25, -0.2) is 0 Å². The maximum Gasteiger partial charge on any atom is 0.218 e. The van der Waals surface area contributed by atoms with Crippen molar-refractivity contribution in [2.24, 2.45) is 5.73 Å². The molecule has 0 aromatic heterocycles. The zero-order valence-corrected chi connectivity index (χ0v) is 8.23. The van der Waals surface area contributed by atoms with Crippen molar-refractivity contribution in [2.75, 3.05) is 6.54 Å². The number of nitrogens with two attached hydrogens (primary N) is 1. The Labute approximate surface area is 87.5 Å². The molecule has 1 amide bonds. The molecule has 1 aromatic carbocycles. The van der Waals surface area contributed by atoms with Gasteiger partial charge in [-0.2, -0.15) is 0 Å². The quantitative estimate of drug-likeness (QED) is 0.517. The molecule has 0 bridgehead atoms. The van der Waals surface area contributed by atoms with E-state index in [0.29, 0.717) is 18.7 Å². The number of carbonyl (C=O) groups is 1. The summed E-state index contributed by atoms with van der Waals surface area (Å²) in [7, 11) is 0. The summed E-state index contributed by atoms with van der Waals surface area (Å²) >= 11 is 0. The van der Waals surface area contributed by atoms with E-state index >= 15 is 0 Å². The fourth-order valence-electron chi connectivity index (χ4n) is 1.14. The van der Waals surface area contributed by atoms with Gasteiger partial charge in [-0.1, -0.05) is 6.07 Å². The van der Waals surface area contributed by atoms with Gasteiger partial charge in [0.1, 0.15) is 11.5 Å². The van der Waals surface area contributed by atoms with Crippen LogP contribution in [0.2, 0.25) is 0 Å². The molecule has 82 valence electrons. The van der Waals surface area contributed by atoms with Gasteiger partial charge >= 0.3 is 0 Å². The van der Waals surface area contributed by atoms with Crippen molar-refractivity contribution in [3.8, 4) is 11.5 Å². The van der Waals surface area contributed by atoms with Crippen molar-refractivity contribution in [1.29, 1.82) is 0 Å². The number of rotatable bonds is 5. The van der Waals surface area contributed by atoms with E-state index < -0.39 is 0 Å². The molecule has 0 aliphatic carbocycles. The highest BCUT2D eigenvalue weighted by Crippen LogP contribution is 2.21. The zero-order valence-electron chi connectivity index (χ0n) is 8.23. The van der Waals surface area contributed by atoms with Crippen LogP contribution in [0.4, 0.5) is 0 Å². The van der Waals surface area contributed by atoms with Gasteiger partial charge in [0.2, 0.25) is 5.91 Å². The Kier molecular flexibility index (Phi) is 3.93. The standard InChI is InChI=1S/C10H14N2O3/c11-10(15)3-4-12-6-7-1-2-8(13)5-9(7)14/h1-2,5,12-14H,3-4,6H2,(H2,11,15). The number of nitrogens with one attached hydrogen (secondary N) is 1. The number of aromatic hydroxyl groups is 2. The van der Waals surface area contributed by atoms with Crippen molar-refractivity contribution in [3.05, 3.63) is 23.8 Å². The normalized spacial score (nSPS) is 10.1. The van der Waals surface area contributed by atoms with Gasteiger partial charge in [0.15, 0.2) is 0 Å². The lowest BCUT2D eigenvalue weighted by molar-refractivity contribution is -0.117. The Bertz CT molecular complexity index is 353. The molecule has 0 atom stereocenters. The molecule has 5 N–H and O–H groups in total. The number of carbonyl (C=O) groups excluding carboxylic acids is 1. The SMILES string of the molecule is NC(=O)CCNCc1ccc(O)cc1O. The average molecular weight is 210 g/mol. The molecule has 1 aromatic rings. The summed E-state index contributed by atoms with van der Waals surface area (Å²) in [4.78, 5) is 10.4. The molecular formula is C10H14N2O3. The molecule has 5 nitrogen and oxygen atoms in total. The van der Waals surface area contributed by atoms with Crippen LogP contribution in [0.25, 0.3) is 0 Å². The van der Waals surface area contributed by atoms with E-state index in [1.807, 2.05) is 0 Å². The van der Waals surface area contributed by atoms with E-state index in [4.69, 9.17) is 10.8 Å². The van der Waals surface area contributed by atoms with Crippen LogP contribution < -0.4 is 11.1 Å². The maximum absolute atomic E-state index is 10.4. The first kappa shape index (κ1) is 11.3. The summed E-state index contributed by atoms with van der Waals surface area (Å²) < 4.78 is 0. The predicted octanol–water partition coefficient (Wildman–Crippen LogP) is 0.0628. The van der Waals surface area contributed by atoms with Gasteiger partial charge in [-0.05, 0) is 6.07 Å². The Morgan fingerprint density at radius 3 is 2.73 bits per heavy atom. The van der Waals surface area contributed by atoms with Gasteiger partial charge in [-0.3, -0.25) is 4.79 Å². The molecular weight excluding hydrogens is 196 g/mol. The van der Waals surface area contributed by atoms with Gasteiger partial charge in [0, 0.05) is 31.1 Å². The third-order valence-electron chi connectivity index (χ3n) is 1.93. The van der Waals surface area contributed by atoms with E-state index in [-0.39, 0.29) is 23.8 Å². The Balaban J connectivity index is 2.40. The lowest BCUT2D eigenvalue weighted by Crippen LogP contribution is -2.21. The summed E-state index contributed by atoms with van der Waals surface area (Å²) in [5.41, 5.74) is 5.62. The lowest BCUT2D eigenvalue weighted by Gasteiger charge is -2.06. The van der Waals surface area contributed by atoms with E-state index in [9.17, 15) is 9.90 Å². The summed E-state index contributed by atoms with van der Waals surface area (Å²) in [6.45, 7) is 0.898. The molecule has 15 heavy (non-hydrogen) atoms. The number of primary amides is 1. The molecule has 0 fully saturated rings. The van der Waals surface area contributed by atoms with Crippen LogP contribution in [-0.4, -0.2) is 22.7 Å². The number of hydrogen-bond acceptors (Lipinski definition) is 4. The second-order valence-corrected chi connectivity index (χ2v) is 3.21. The van der Waals surface area contributed by atoms with Gasteiger partial charge < -0.3 is 21.3 Å². The minimum atomic E-state index is -0.363. The number of hydrogen-bond donors (Lipinski definition) is 4. The molecule has 5 heteroatoms. The predicted molar refractivity (Wildman–Crippen MR) is 55.3 cm³/mol. The maximum atomic E-state index is 10.4. The lowest BCUT2D eigenvalue weighted by atomic mass is 10.2. The monoisotopic (exact) mass is 210 g/mol. The highest BCUT2D eigenvalue weighted by atomic mass is 16.3. The molecule has 1 rings (SSSR count). The summed E-state index contributed by atoms with van der Waals surface area (Å²) in [6.07, 6.45) is 0.263. The first-order chi connectivity index (χ1) is 7.09. The van der Waals surface area contributed by atoms with E-state index in [1.165, 1.54) is 12.1 Å². The Morgan fingerprint density at radius 1 is 1.40 bits per heavy atom. The topological polar surface area (TPSA) is 95.6 Å². The largest absolute Gasteiger partial charge is 0.508 e. The Morgan fingerprint density at radius 2 is 2.13 bits per heavy atom. The van der Waals surface area contributed by atoms with Gasteiger partial charge in [0.05, 0.1) is 0 Å². The van der Waals surface area contributed by atoms with Gasteiger partial charge in [-0.15, -0.1) is 0 Å². The molecule has 0 spiro atoms. The second kappa shape index (κ2) is 5.21. The molecule has 0 unspecified atom stereocenters. The highest BCUT2D eigenvalue weighted by Gasteiger charge is 2.01. The van der Waals surface area contributed by atoms with Crippen LogP contribution in [0.15, 0.2) is 18.2 Å². The minimum Gasteiger partial charge on any atom is -0.508 e. The fraction of sp³-hybridized carbons (Fsp3) is 0.300. The molecule has 0 radical (unpaired) electrons. The smallest absolute Gasteiger partial charge is 0.218 e. The van der Waals surface area contributed by atoms with Crippen LogP contribution in [0.1, 0.15) is 12.0 Å². The van der Waals surface area contributed by atoms with Gasteiger partial charge in [0.25, 0.3) is 0 Å². The summed E-state index contributed by atoms with van der Waals surface area (Å²) in [6, 6.07) is 4.37. The van der Waals surface area contributed by atoms with Crippen molar-refractivity contribution in [1.82, 2.24) is 5.32 Å². The number of phenols is 2. The van der Waals surface area contributed by atoms with Crippen LogP contribution in [0, 0.1) is 0 Å². The number of amides is 1. The third-order valence-corrected chi connectivity index (χ3v) is 1.93. The van der Waals surface area contributed by atoms with Crippen molar-refractivity contribution in [3.63, 3.8) is 0 Å². The van der Waals surface area contributed by atoms with Crippen molar-refractivity contribution >= 4 is 5.91 Å². The van der Waals surface area contributed by atoms with Crippen molar-refractivity contribution < 1.29 is 15.0 Å². The minimum absolute atomic E-state index is 0.0217. The summed E-state index contributed by atoms with van der Waals surface area (Å²) in [5.74, 6) is -0.313. The first-order valence-electron chi connectivity index (χ1n) is 4.59. The molecule has 0 saturated carbocycles. The number of phenolic OH excluding ortho intramolecular Hbond substituents is 2. The number of benzene rings is 1. The van der Waals surface area contributed by atoms with E-state index in [2.05, 4.69) is 5.32 Å². The molecule has 0 aliphatic heterocycles. The average Bonchev–Trinajstić information content (AvgIpc) is 2.14. The van der Waals surface area contributed by atoms with Crippen LogP contribution in [0.5, 0.6) is 11.5 Å². The molecule has 0 heterocycles. The third kappa shape index (κ3) is 3.86. The fourth-order valence-corrected chi connectivity index (χ4v) is 1.14. The van der Waals surface area contributed by atoms with Crippen LogP contribution in [0.3, 0.4) is 0 Å². The van der Waals surface area contributed by atoms with Crippen LogP contribution >= 0.6 is 0 Å². The molecule has 0 saturated heterocycles. The van der Waals surface area contributed by atoms with Crippen molar-refractivity contribution in [2.45, 2.75) is 13.0 Å². The second-order valence-electron chi connectivity index (χ2n) is 3.21. The molecule has 0 aliphatic rings. The highest BCUT2D eigenvalue weighted by molar-refractivity contribution is 5.73. The van der Waals surface area contributed by atoms with Crippen LogP contribution in [-0.2, 0) is 11.3 Å². The van der Waals surface area contributed by atoms with E-state index in [1.54, 1.807) is 6.07 Å². The zero-order chi connectivity index (χ0) is 11.3. The first-order valence-corrected chi connectivity index (χ1v) is 4.59. The van der Waals surface area contributed by atoms with E-state index in [0.717, 1.165) is 0 Å². The Hall–Kier alpha value is -1.75. The summed E-state index contributed by atoms with van der Waals surface area (Å²) in [5, 5.41) is 21.4.